The number of hydrogen-bond donors (Lipinski definition) is 2. The number of carboxylic acid groups (broad SMARTS) is 2. The average Bonchev–Trinajstić information content (AvgIpc) is 3.41. The quantitative estimate of drug-likeness (QED) is 0.110. The van der Waals surface area contributed by atoms with E-state index in [9.17, 15) is 29.8 Å². The fraction of sp³-hybridized carbons (Fsp3) is 0.774. The topological polar surface area (TPSA) is 174 Å². The van der Waals surface area contributed by atoms with Crippen LogP contribution in [0.3, 0.4) is 0 Å². The van der Waals surface area contributed by atoms with Crippen LogP contribution in [0, 0.1) is 20.2 Å². The summed E-state index contributed by atoms with van der Waals surface area (Å²) in [4.78, 5) is 51.5. The Morgan fingerprint density at radius 2 is 1.42 bits per heavy atom. The molecule has 0 aromatic carbocycles. The van der Waals surface area contributed by atoms with E-state index in [1.165, 1.54) is 0 Å². The minimum absolute atomic E-state index is 0.0267. The molecule has 0 radical (unpaired) electrons. The molecule has 3 fully saturated rings. The molecule has 2 saturated carbocycles. The van der Waals surface area contributed by atoms with Crippen molar-refractivity contribution in [2.24, 2.45) is 0 Å². The zero-order valence-corrected chi connectivity index (χ0v) is 26.5. The smallest absolute Gasteiger partial charge is 0.303 e. The maximum atomic E-state index is 11.6. The molecule has 2 aliphatic carbocycles. The van der Waals surface area contributed by atoms with Gasteiger partial charge in [-0.2, -0.15) is 0 Å². The molecular weight excluding hydrogens is 584 g/mol. The van der Waals surface area contributed by atoms with E-state index in [-0.39, 0.29) is 46.9 Å². The molecule has 4 rings (SSSR count). The van der Waals surface area contributed by atoms with Gasteiger partial charge in [0, 0.05) is 61.6 Å². The van der Waals surface area contributed by atoms with Gasteiger partial charge in [-0.25, -0.2) is 0 Å². The van der Waals surface area contributed by atoms with Gasteiger partial charge in [-0.15, -0.1) is 0 Å². The van der Waals surface area contributed by atoms with Crippen molar-refractivity contribution < 1.29 is 34.2 Å². The third-order valence-electron chi connectivity index (χ3n) is 10.3. The van der Waals surface area contributed by atoms with Crippen LogP contribution >= 0.6 is 0 Å². The first-order valence-corrected chi connectivity index (χ1v) is 16.4. The fourth-order valence-corrected chi connectivity index (χ4v) is 7.92. The largest absolute Gasteiger partial charge is 0.481 e. The Kier molecular flexibility index (Phi) is 11.8. The summed E-state index contributed by atoms with van der Waals surface area (Å²) in [6.07, 6.45) is 14.4. The van der Waals surface area contributed by atoms with Crippen LogP contribution in [-0.2, 0) is 9.59 Å². The first-order valence-electron chi connectivity index (χ1n) is 16.4. The van der Waals surface area contributed by atoms with Gasteiger partial charge in [0.25, 0.3) is 5.84 Å². The van der Waals surface area contributed by atoms with Gasteiger partial charge in [-0.3, -0.25) is 39.3 Å². The number of carbonyl (C=O) groups is 2. The number of amidine groups is 1. The van der Waals surface area contributed by atoms with Crippen LogP contribution in [0.1, 0.15) is 89.9 Å². The van der Waals surface area contributed by atoms with Gasteiger partial charge in [0.2, 0.25) is 12.1 Å². The lowest BCUT2D eigenvalue weighted by molar-refractivity contribution is -0.575. The van der Waals surface area contributed by atoms with E-state index < -0.39 is 24.0 Å². The van der Waals surface area contributed by atoms with Gasteiger partial charge in [0.05, 0.1) is 32.1 Å². The van der Waals surface area contributed by atoms with Crippen molar-refractivity contribution in [2.45, 2.75) is 126 Å². The summed E-state index contributed by atoms with van der Waals surface area (Å²) in [5, 5.41) is 41.2. The molecule has 0 bridgehead atoms. The Hall–Kier alpha value is -3.71. The maximum Gasteiger partial charge on any atom is 0.303 e. The van der Waals surface area contributed by atoms with Crippen molar-refractivity contribution in [3.8, 4) is 0 Å². The summed E-state index contributed by atoms with van der Waals surface area (Å²) in [7, 11) is 3.99. The lowest BCUT2D eigenvalue weighted by atomic mass is 9.87. The molecule has 14 heteroatoms. The van der Waals surface area contributed by atoms with Crippen LogP contribution in [0.4, 0.5) is 0 Å². The van der Waals surface area contributed by atoms with E-state index in [4.69, 9.17) is 10.2 Å². The third kappa shape index (κ3) is 8.31. The number of aliphatic carboxylic acids is 2. The molecule has 45 heavy (non-hydrogen) atoms. The van der Waals surface area contributed by atoms with Crippen molar-refractivity contribution in [3.63, 3.8) is 0 Å². The molecule has 6 atom stereocenters. The molecule has 0 spiro atoms. The number of nitrogens with zero attached hydrogens (tertiary/aromatic N) is 6. The highest BCUT2D eigenvalue weighted by molar-refractivity contribution is 5.90. The van der Waals surface area contributed by atoms with E-state index in [0.29, 0.717) is 38.5 Å². The van der Waals surface area contributed by atoms with Crippen LogP contribution in [0.25, 0.3) is 0 Å². The predicted molar refractivity (Wildman–Crippen MR) is 166 cm³/mol. The van der Waals surface area contributed by atoms with Gasteiger partial charge in [0.1, 0.15) is 17.9 Å². The van der Waals surface area contributed by atoms with E-state index in [0.717, 1.165) is 63.3 Å². The second-order valence-electron chi connectivity index (χ2n) is 13.0. The van der Waals surface area contributed by atoms with Crippen LogP contribution in [0.2, 0.25) is 0 Å². The summed E-state index contributed by atoms with van der Waals surface area (Å²) >= 11 is 0. The monoisotopic (exact) mass is 633 g/mol. The number of likely N-dealkylation sites (N-methyl/N-ethyl adjacent to an activating group) is 2. The van der Waals surface area contributed by atoms with Gasteiger partial charge >= 0.3 is 11.9 Å². The summed E-state index contributed by atoms with van der Waals surface area (Å²) in [6.45, 7) is 1.50. The van der Waals surface area contributed by atoms with Crippen molar-refractivity contribution in [1.82, 2.24) is 14.7 Å². The molecule has 0 amide bonds. The molecule has 2 heterocycles. The maximum absolute atomic E-state index is 11.6. The number of nitro groups is 2. The lowest BCUT2D eigenvalue weighted by Gasteiger charge is -2.33. The van der Waals surface area contributed by atoms with Crippen LogP contribution in [0.15, 0.2) is 24.0 Å². The number of fused-ring (bicyclic) bond motifs is 2. The van der Waals surface area contributed by atoms with Crippen molar-refractivity contribution in [3.05, 3.63) is 44.3 Å². The molecule has 6 unspecified atom stereocenters. The van der Waals surface area contributed by atoms with E-state index >= 15 is 0 Å². The van der Waals surface area contributed by atoms with Crippen molar-refractivity contribution in [1.29, 1.82) is 0 Å². The summed E-state index contributed by atoms with van der Waals surface area (Å²) in [6, 6.07) is -0.733. The van der Waals surface area contributed by atoms with E-state index in [1.807, 2.05) is 20.2 Å². The van der Waals surface area contributed by atoms with E-state index in [2.05, 4.69) is 31.4 Å². The highest BCUT2D eigenvalue weighted by Gasteiger charge is 2.51. The Bertz CT molecular complexity index is 1200. The number of unbranched alkanes of at least 4 members (excludes halogenated alkanes) is 4. The van der Waals surface area contributed by atoms with Crippen LogP contribution in [-0.4, -0.2) is 121 Å². The zero-order valence-electron chi connectivity index (χ0n) is 26.5. The number of hydrogen-bond acceptors (Lipinski definition) is 9. The fourth-order valence-electron chi connectivity index (χ4n) is 7.92. The standard InChI is InChI=1S/C31H48N6O8/c1-32-26-20-22(36(42)43)14-16-24(26)34(18-7-3-5-12-30(38)39)28(32)10-9-11-29-33(2)27-21-23(37(44)45)15-17-25(27)35(29)19-8-4-6-13-31(40)41/h9-11,22-27H,3-8,12-21H2,1-2H3,(H-,38,39,40,41)/p+1. The number of rotatable bonds is 16. The molecule has 2 aliphatic heterocycles. The van der Waals surface area contributed by atoms with Crippen LogP contribution < -0.4 is 0 Å². The number of allylic oxidation sites excluding steroid dienone is 2. The minimum Gasteiger partial charge on any atom is -0.481 e. The highest BCUT2D eigenvalue weighted by atomic mass is 16.6. The molecule has 1 saturated heterocycles. The molecule has 4 aliphatic rings. The van der Waals surface area contributed by atoms with Gasteiger partial charge < -0.3 is 20.0 Å². The molecule has 2 N–H and O–H groups in total. The normalized spacial score (nSPS) is 29.0. The Labute approximate surface area is 264 Å². The molecule has 14 nitrogen and oxygen atoms in total. The summed E-state index contributed by atoms with van der Waals surface area (Å²) in [5.41, 5.74) is 0. The minimum atomic E-state index is -0.794. The third-order valence-corrected chi connectivity index (χ3v) is 10.3. The molecule has 0 aromatic rings. The van der Waals surface area contributed by atoms with Gasteiger partial charge in [-0.1, -0.05) is 12.5 Å². The van der Waals surface area contributed by atoms with Gasteiger partial charge in [0.15, 0.2) is 0 Å². The lowest BCUT2D eigenvalue weighted by Crippen LogP contribution is -2.46. The molecule has 250 valence electrons. The molecule has 0 aromatic heterocycles. The molecular formula is C31H49N6O8+. The zero-order chi connectivity index (χ0) is 32.7. The van der Waals surface area contributed by atoms with E-state index in [1.54, 1.807) is 0 Å². The van der Waals surface area contributed by atoms with Crippen LogP contribution in [0.5, 0.6) is 0 Å². The first-order chi connectivity index (χ1) is 21.5. The van der Waals surface area contributed by atoms with Crippen molar-refractivity contribution in [2.75, 3.05) is 27.2 Å². The Balaban J connectivity index is 1.55. The predicted octanol–water partition coefficient (Wildman–Crippen LogP) is 3.41. The summed E-state index contributed by atoms with van der Waals surface area (Å²) < 4.78 is 2.34. The SMILES string of the molecule is CN1C(/C=C/C=C2\N(C)C3CC([N+](=O)[O-])CCC3N2CCCCCC(=O)O)=[N+](CCCCCC(=O)O)C2CCC([N+](=O)[O-])CC21. The number of carboxylic acids is 2. The van der Waals surface area contributed by atoms with Crippen molar-refractivity contribution >= 4 is 17.8 Å². The Morgan fingerprint density at radius 1 is 0.822 bits per heavy atom. The second-order valence-corrected chi connectivity index (χ2v) is 13.0. The Morgan fingerprint density at radius 3 is 2.04 bits per heavy atom. The average molecular weight is 634 g/mol. The second kappa shape index (κ2) is 15.5. The summed E-state index contributed by atoms with van der Waals surface area (Å²) in [5.74, 6) is 0.404. The first kappa shape index (κ1) is 34.2. The highest BCUT2D eigenvalue weighted by Crippen LogP contribution is 2.39. The van der Waals surface area contributed by atoms with Gasteiger partial charge in [-0.05, 0) is 51.0 Å².